The Hall–Kier alpha value is -0.0800. The number of rotatable bonds is 2. The van der Waals surface area contributed by atoms with E-state index in [1.165, 1.54) is 25.9 Å². The molecule has 0 radical (unpaired) electrons. The highest BCUT2D eigenvalue weighted by molar-refractivity contribution is 5.18. The Morgan fingerprint density at radius 3 is 1.80 bits per heavy atom. The van der Waals surface area contributed by atoms with E-state index in [9.17, 15) is 0 Å². The van der Waals surface area contributed by atoms with E-state index in [-0.39, 0.29) is 0 Å². The molecule has 1 heterocycles. The lowest BCUT2D eigenvalue weighted by Gasteiger charge is -2.33. The Labute approximate surface area is 94.4 Å². The molecule has 1 saturated heterocycles. The van der Waals surface area contributed by atoms with Gasteiger partial charge in [0.1, 0.15) is 0 Å². The lowest BCUT2D eigenvalue weighted by Crippen LogP contribution is -2.43. The molecule has 15 heavy (non-hydrogen) atoms. The summed E-state index contributed by atoms with van der Waals surface area (Å²) in [7, 11) is 2.09. The van der Waals surface area contributed by atoms with Gasteiger partial charge in [0.15, 0.2) is 0 Å². The van der Waals surface area contributed by atoms with Crippen LogP contribution in [0.25, 0.3) is 0 Å². The van der Waals surface area contributed by atoms with Crippen LogP contribution in [0.4, 0.5) is 0 Å². The van der Waals surface area contributed by atoms with Crippen molar-refractivity contribution in [2.75, 3.05) is 20.1 Å². The molecule has 2 nitrogen and oxygen atoms in total. The predicted molar refractivity (Wildman–Crippen MR) is 65.0 cm³/mol. The normalized spacial score (nSPS) is 31.8. The molecular formula is C13H26N2. The standard InChI is InChI=1S/C13H26N2/c1-12(2)11(13(12,3)4)15-8-6-10(14-5)7-9-15/h10-11,14H,6-9H2,1-5H3. The van der Waals surface area contributed by atoms with Crippen LogP contribution in [0.3, 0.4) is 0 Å². The van der Waals surface area contributed by atoms with E-state index < -0.39 is 0 Å². The van der Waals surface area contributed by atoms with Gasteiger partial charge in [0.2, 0.25) is 0 Å². The zero-order valence-electron chi connectivity index (χ0n) is 10.9. The molecule has 2 fully saturated rings. The minimum atomic E-state index is 0.513. The van der Waals surface area contributed by atoms with Gasteiger partial charge in [0.05, 0.1) is 0 Å². The molecule has 0 amide bonds. The molecule has 0 atom stereocenters. The summed E-state index contributed by atoms with van der Waals surface area (Å²) in [6.45, 7) is 12.2. The number of hydrogen-bond acceptors (Lipinski definition) is 2. The number of piperidine rings is 1. The number of nitrogens with one attached hydrogen (secondary N) is 1. The molecule has 0 aromatic rings. The van der Waals surface area contributed by atoms with Crippen LogP contribution in [0.5, 0.6) is 0 Å². The van der Waals surface area contributed by atoms with Crippen molar-refractivity contribution < 1.29 is 0 Å². The van der Waals surface area contributed by atoms with Crippen molar-refractivity contribution >= 4 is 0 Å². The van der Waals surface area contributed by atoms with Crippen LogP contribution in [0.2, 0.25) is 0 Å². The average molecular weight is 210 g/mol. The number of likely N-dealkylation sites (tertiary alicyclic amines) is 1. The van der Waals surface area contributed by atoms with Crippen LogP contribution >= 0.6 is 0 Å². The van der Waals surface area contributed by atoms with Crippen LogP contribution in [0.15, 0.2) is 0 Å². The summed E-state index contributed by atoms with van der Waals surface area (Å²) in [6.07, 6.45) is 2.64. The van der Waals surface area contributed by atoms with E-state index in [0.717, 1.165) is 12.1 Å². The maximum Gasteiger partial charge on any atom is 0.0209 e. The fourth-order valence-electron chi connectivity index (χ4n) is 3.52. The Morgan fingerprint density at radius 2 is 1.47 bits per heavy atom. The number of hydrogen-bond donors (Lipinski definition) is 1. The molecule has 0 bridgehead atoms. The first-order valence-electron chi connectivity index (χ1n) is 6.32. The maximum atomic E-state index is 3.40. The third-order valence-corrected chi connectivity index (χ3v) is 5.25. The Bertz CT molecular complexity index is 223. The van der Waals surface area contributed by atoms with E-state index >= 15 is 0 Å². The highest BCUT2D eigenvalue weighted by Gasteiger charge is 2.66. The third kappa shape index (κ3) is 1.62. The van der Waals surface area contributed by atoms with Crippen LogP contribution in [0.1, 0.15) is 40.5 Å². The summed E-state index contributed by atoms with van der Waals surface area (Å²) >= 11 is 0. The van der Waals surface area contributed by atoms with Crippen molar-refractivity contribution in [1.29, 1.82) is 0 Å². The van der Waals surface area contributed by atoms with Crippen molar-refractivity contribution in [1.82, 2.24) is 10.2 Å². The fourth-order valence-corrected chi connectivity index (χ4v) is 3.52. The molecule has 0 aromatic heterocycles. The van der Waals surface area contributed by atoms with Crippen molar-refractivity contribution in [3.05, 3.63) is 0 Å². The van der Waals surface area contributed by atoms with Gasteiger partial charge in [-0.2, -0.15) is 0 Å². The van der Waals surface area contributed by atoms with Crippen molar-refractivity contribution in [3.63, 3.8) is 0 Å². The first kappa shape index (κ1) is 11.4. The summed E-state index contributed by atoms with van der Waals surface area (Å²) < 4.78 is 0. The van der Waals surface area contributed by atoms with E-state index in [2.05, 4.69) is 45.0 Å². The lowest BCUT2D eigenvalue weighted by molar-refractivity contribution is 0.167. The van der Waals surface area contributed by atoms with Crippen LogP contribution in [-0.4, -0.2) is 37.1 Å². The SMILES string of the molecule is CNC1CCN(C2C(C)(C)C2(C)C)CC1. The number of nitrogens with zero attached hydrogens (tertiary/aromatic N) is 1. The molecule has 0 aromatic carbocycles. The van der Waals surface area contributed by atoms with Gasteiger partial charge < -0.3 is 5.32 Å². The van der Waals surface area contributed by atoms with Crippen LogP contribution in [-0.2, 0) is 0 Å². The molecule has 1 N–H and O–H groups in total. The second kappa shape index (κ2) is 3.46. The highest BCUT2D eigenvalue weighted by Crippen LogP contribution is 2.65. The van der Waals surface area contributed by atoms with Gasteiger partial charge in [-0.05, 0) is 43.8 Å². The molecule has 0 spiro atoms. The molecule has 2 rings (SSSR count). The summed E-state index contributed by atoms with van der Waals surface area (Å²) in [5.41, 5.74) is 1.03. The van der Waals surface area contributed by atoms with E-state index in [1.807, 2.05) is 0 Å². The molecule has 2 heteroatoms. The Kier molecular flexibility index (Phi) is 2.63. The van der Waals surface area contributed by atoms with Crippen LogP contribution < -0.4 is 5.32 Å². The molecule has 0 unspecified atom stereocenters. The summed E-state index contributed by atoms with van der Waals surface area (Å²) in [5, 5.41) is 3.40. The van der Waals surface area contributed by atoms with Gasteiger partial charge in [-0.3, -0.25) is 4.90 Å². The monoisotopic (exact) mass is 210 g/mol. The lowest BCUT2D eigenvalue weighted by atomic mass is 10.0. The first-order valence-corrected chi connectivity index (χ1v) is 6.32. The molecule has 1 aliphatic carbocycles. The van der Waals surface area contributed by atoms with Crippen molar-refractivity contribution in [2.24, 2.45) is 10.8 Å². The molecule has 1 saturated carbocycles. The van der Waals surface area contributed by atoms with Gasteiger partial charge in [-0.15, -0.1) is 0 Å². The predicted octanol–water partition coefficient (Wildman–Crippen LogP) is 2.10. The van der Waals surface area contributed by atoms with E-state index in [0.29, 0.717) is 10.8 Å². The minimum Gasteiger partial charge on any atom is -0.317 e. The Balaban J connectivity index is 1.93. The molecule has 1 aliphatic heterocycles. The van der Waals surface area contributed by atoms with Gasteiger partial charge in [0.25, 0.3) is 0 Å². The quantitative estimate of drug-likeness (QED) is 0.751. The smallest absolute Gasteiger partial charge is 0.0209 e. The average Bonchev–Trinajstić information content (AvgIpc) is 2.58. The van der Waals surface area contributed by atoms with Crippen LogP contribution in [0, 0.1) is 10.8 Å². The molecule has 2 aliphatic rings. The highest BCUT2D eigenvalue weighted by atomic mass is 15.2. The van der Waals surface area contributed by atoms with Crippen molar-refractivity contribution in [3.8, 4) is 0 Å². The minimum absolute atomic E-state index is 0.513. The second-order valence-electron chi connectivity index (χ2n) is 6.44. The third-order valence-electron chi connectivity index (χ3n) is 5.25. The topological polar surface area (TPSA) is 15.3 Å². The largest absolute Gasteiger partial charge is 0.317 e. The van der Waals surface area contributed by atoms with Gasteiger partial charge in [-0.25, -0.2) is 0 Å². The van der Waals surface area contributed by atoms with Gasteiger partial charge in [-0.1, -0.05) is 27.7 Å². The fraction of sp³-hybridized carbons (Fsp3) is 1.00. The summed E-state index contributed by atoms with van der Waals surface area (Å²) in [6, 6.07) is 1.56. The molecule has 88 valence electrons. The summed E-state index contributed by atoms with van der Waals surface area (Å²) in [4.78, 5) is 2.72. The second-order valence-corrected chi connectivity index (χ2v) is 6.44. The van der Waals surface area contributed by atoms with E-state index in [1.54, 1.807) is 0 Å². The zero-order chi connectivity index (χ0) is 11.3. The maximum absolute atomic E-state index is 3.40. The van der Waals surface area contributed by atoms with Crippen molar-refractivity contribution in [2.45, 2.75) is 52.6 Å². The van der Waals surface area contributed by atoms with E-state index in [4.69, 9.17) is 0 Å². The van der Waals surface area contributed by atoms with Gasteiger partial charge in [0, 0.05) is 12.1 Å². The molecular weight excluding hydrogens is 184 g/mol. The summed E-state index contributed by atoms with van der Waals surface area (Å²) in [5.74, 6) is 0. The zero-order valence-corrected chi connectivity index (χ0v) is 10.9. The Morgan fingerprint density at radius 1 is 1.00 bits per heavy atom. The van der Waals surface area contributed by atoms with Gasteiger partial charge >= 0.3 is 0 Å². The first-order chi connectivity index (χ1) is 6.91.